The molecule has 2 heterocycles. The van der Waals surface area contributed by atoms with Gasteiger partial charge in [0.2, 0.25) is 5.89 Å². The van der Waals surface area contributed by atoms with Gasteiger partial charge in [0.05, 0.1) is 12.1 Å². The largest absolute Gasteiger partial charge is 0.480 e. The minimum atomic E-state index is -0.785. The number of hydrogen-bond acceptors (Lipinski definition) is 5. The van der Waals surface area contributed by atoms with Crippen molar-refractivity contribution in [3.63, 3.8) is 0 Å². The molecule has 5 aromatic rings. The first-order valence-corrected chi connectivity index (χ1v) is 14.4. The van der Waals surface area contributed by atoms with Crippen LogP contribution in [0.4, 0.5) is 0 Å². The lowest BCUT2D eigenvalue weighted by Crippen LogP contribution is -2.36. The minimum absolute atomic E-state index is 0.0116. The average molecular weight is 569 g/mol. The normalized spacial score (nSPS) is 16.4. The zero-order valence-corrected chi connectivity index (χ0v) is 23.9. The first-order valence-electron chi connectivity index (χ1n) is 14.4. The van der Waals surface area contributed by atoms with Gasteiger partial charge in [0.15, 0.2) is 0 Å². The van der Waals surface area contributed by atoms with E-state index in [9.17, 15) is 9.90 Å². The van der Waals surface area contributed by atoms with Crippen molar-refractivity contribution >= 4 is 5.97 Å². The van der Waals surface area contributed by atoms with E-state index in [2.05, 4.69) is 33.9 Å². The number of ether oxygens (including phenoxy) is 1. The van der Waals surface area contributed by atoms with Crippen molar-refractivity contribution < 1.29 is 19.1 Å². The lowest BCUT2D eigenvalue weighted by molar-refractivity contribution is -0.142. The molecule has 0 amide bonds. The van der Waals surface area contributed by atoms with Crippen LogP contribution in [0, 0.1) is 18.8 Å². The number of aromatic nitrogens is 1. The molecule has 6 nitrogen and oxygen atoms in total. The Morgan fingerprint density at radius 3 is 2.28 bits per heavy atom. The molecule has 1 aliphatic rings. The zero-order chi connectivity index (χ0) is 29.6. The molecule has 0 bridgehead atoms. The zero-order valence-electron chi connectivity index (χ0n) is 23.9. The molecular weight excluding hydrogens is 536 g/mol. The van der Waals surface area contributed by atoms with Gasteiger partial charge < -0.3 is 14.3 Å². The molecule has 6 heteroatoms. The fourth-order valence-corrected chi connectivity index (χ4v) is 5.52. The lowest BCUT2D eigenvalue weighted by Gasteiger charge is -2.28. The molecule has 214 valence electrons. The molecule has 0 unspecified atom stereocenters. The number of carboxylic acid groups (broad SMARTS) is 1. The number of carbonyl (C=O) groups is 1. The minimum Gasteiger partial charge on any atom is -0.480 e. The van der Waals surface area contributed by atoms with Crippen molar-refractivity contribution in [1.29, 1.82) is 0 Å². The molecule has 4 aromatic carbocycles. The van der Waals surface area contributed by atoms with Crippen LogP contribution in [0.2, 0.25) is 0 Å². The van der Waals surface area contributed by atoms with Crippen molar-refractivity contribution in [1.82, 2.24) is 9.88 Å². The van der Waals surface area contributed by atoms with Gasteiger partial charge in [0.1, 0.15) is 23.3 Å². The lowest BCUT2D eigenvalue weighted by atomic mass is 10.0. The number of hydrogen-bond donors (Lipinski definition) is 1. The van der Waals surface area contributed by atoms with Crippen LogP contribution >= 0.6 is 0 Å². The fourth-order valence-electron chi connectivity index (χ4n) is 5.52. The van der Waals surface area contributed by atoms with Crippen LogP contribution in [0.25, 0.3) is 11.5 Å². The number of aliphatic carboxylic acids is 1. The summed E-state index contributed by atoms with van der Waals surface area (Å²) in [6.07, 6.45) is 1.89. The third-order valence-corrected chi connectivity index (χ3v) is 7.76. The number of benzene rings is 4. The highest BCUT2D eigenvalue weighted by Crippen LogP contribution is 2.38. The van der Waals surface area contributed by atoms with Crippen LogP contribution in [0.3, 0.4) is 0 Å². The van der Waals surface area contributed by atoms with Crippen molar-refractivity contribution in [2.45, 2.75) is 44.8 Å². The van der Waals surface area contributed by atoms with Gasteiger partial charge in [0.25, 0.3) is 0 Å². The number of likely N-dealkylation sites (tertiary alicyclic amines) is 1. The van der Waals surface area contributed by atoms with Crippen molar-refractivity contribution in [2.24, 2.45) is 0 Å². The molecule has 0 saturated carbocycles. The summed E-state index contributed by atoms with van der Waals surface area (Å²) < 4.78 is 11.8. The van der Waals surface area contributed by atoms with Gasteiger partial charge >= 0.3 is 5.97 Å². The summed E-state index contributed by atoms with van der Waals surface area (Å²) in [6.45, 7) is 2.45. The van der Waals surface area contributed by atoms with E-state index in [1.807, 2.05) is 104 Å². The molecule has 0 aliphatic carbocycles. The Hall–Kier alpha value is -5.12. The highest BCUT2D eigenvalue weighted by atomic mass is 16.5. The maximum atomic E-state index is 12.1. The quantitative estimate of drug-likeness (QED) is 0.192. The Morgan fingerprint density at radius 1 is 0.907 bits per heavy atom. The van der Waals surface area contributed by atoms with Crippen LogP contribution in [0.15, 0.2) is 114 Å². The summed E-state index contributed by atoms with van der Waals surface area (Å²) in [7, 11) is 0. The van der Waals surface area contributed by atoms with E-state index in [4.69, 9.17) is 9.15 Å². The Morgan fingerprint density at radius 2 is 1.58 bits per heavy atom. The highest BCUT2D eigenvalue weighted by Gasteiger charge is 2.38. The molecule has 1 N–H and O–H groups in total. The summed E-state index contributed by atoms with van der Waals surface area (Å²) >= 11 is 0. The highest BCUT2D eigenvalue weighted by molar-refractivity contribution is 5.74. The van der Waals surface area contributed by atoms with Crippen molar-refractivity contribution in [3.8, 4) is 34.8 Å². The van der Waals surface area contributed by atoms with E-state index in [1.54, 1.807) is 0 Å². The van der Waals surface area contributed by atoms with Crippen LogP contribution in [-0.2, 0) is 17.8 Å². The number of aryl methyl sites for hydroxylation is 1. The summed E-state index contributed by atoms with van der Waals surface area (Å²) in [6, 6.07) is 35.0. The second-order valence-electron chi connectivity index (χ2n) is 10.7. The van der Waals surface area contributed by atoms with Gasteiger partial charge in [-0.25, -0.2) is 4.98 Å². The molecule has 0 spiro atoms. The number of oxazole rings is 1. The smallest absolute Gasteiger partial charge is 0.320 e. The maximum absolute atomic E-state index is 12.1. The molecular formula is C37H32N2O4. The van der Waals surface area contributed by atoms with Gasteiger partial charge in [0, 0.05) is 23.7 Å². The summed E-state index contributed by atoms with van der Waals surface area (Å²) in [5.41, 5.74) is 4.82. The van der Waals surface area contributed by atoms with Crippen molar-refractivity contribution in [2.75, 3.05) is 0 Å². The Kier molecular flexibility index (Phi) is 8.35. The Balaban J connectivity index is 1.12. The van der Waals surface area contributed by atoms with Gasteiger partial charge in [-0.15, -0.1) is 0 Å². The number of nitrogens with zero attached hydrogens (tertiary/aromatic N) is 2. The van der Waals surface area contributed by atoms with Gasteiger partial charge in [-0.1, -0.05) is 72.5 Å². The maximum Gasteiger partial charge on any atom is 0.320 e. The summed E-state index contributed by atoms with van der Waals surface area (Å²) in [5, 5.41) is 9.96. The molecule has 6 rings (SSSR count). The van der Waals surface area contributed by atoms with Crippen LogP contribution < -0.4 is 4.74 Å². The Bertz CT molecular complexity index is 1730. The van der Waals surface area contributed by atoms with Crippen LogP contribution in [0.1, 0.15) is 47.0 Å². The number of rotatable bonds is 8. The third-order valence-electron chi connectivity index (χ3n) is 7.76. The molecule has 0 radical (unpaired) electrons. The number of para-hydroxylation sites is 1. The monoisotopic (exact) mass is 568 g/mol. The van der Waals surface area contributed by atoms with E-state index >= 15 is 0 Å². The standard InChI is InChI=1S/C37H32N2O4/c1-26-33(38-36(42-26)30-10-4-2-5-11-30)14-8-9-27-15-19-29(20-16-27)34-23-24-35(37(40)41)39(34)25-28-17-21-32(22-18-28)43-31-12-6-3-7-13-31/h2-7,10-13,15-22,34-35H,14,23-25H2,1H3,(H,40,41)/t34-,35-/m1/s1. The molecule has 1 fully saturated rings. The predicted molar refractivity (Wildman–Crippen MR) is 166 cm³/mol. The Labute approximate surface area is 251 Å². The fraction of sp³-hybridized carbons (Fsp3) is 0.189. The first-order chi connectivity index (χ1) is 21.0. The molecule has 1 aromatic heterocycles. The molecule has 1 saturated heterocycles. The summed E-state index contributed by atoms with van der Waals surface area (Å²) in [5.74, 6) is 8.58. The average Bonchev–Trinajstić information content (AvgIpc) is 3.63. The summed E-state index contributed by atoms with van der Waals surface area (Å²) in [4.78, 5) is 18.9. The van der Waals surface area contributed by atoms with Gasteiger partial charge in [-0.3, -0.25) is 9.69 Å². The van der Waals surface area contributed by atoms with E-state index in [0.717, 1.165) is 51.6 Å². The second-order valence-corrected chi connectivity index (χ2v) is 10.7. The number of carboxylic acids is 1. The third kappa shape index (κ3) is 6.69. The van der Waals surface area contributed by atoms with E-state index < -0.39 is 12.0 Å². The van der Waals surface area contributed by atoms with Gasteiger partial charge in [-0.2, -0.15) is 0 Å². The van der Waals surface area contributed by atoms with Crippen molar-refractivity contribution in [3.05, 3.63) is 137 Å². The molecule has 2 atom stereocenters. The van der Waals surface area contributed by atoms with E-state index in [-0.39, 0.29) is 6.04 Å². The second kappa shape index (κ2) is 12.8. The molecule has 43 heavy (non-hydrogen) atoms. The molecule has 1 aliphatic heterocycles. The van der Waals surface area contributed by atoms with Crippen LogP contribution in [0.5, 0.6) is 11.5 Å². The van der Waals surface area contributed by atoms with E-state index in [1.165, 1.54) is 0 Å². The first kappa shape index (κ1) is 28.0. The topological polar surface area (TPSA) is 75.8 Å². The SMILES string of the molecule is Cc1oc(-c2ccccc2)nc1CC#Cc1ccc([C@H]2CC[C@H](C(=O)O)N2Cc2ccc(Oc3ccccc3)cc2)cc1. The van der Waals surface area contributed by atoms with E-state index in [0.29, 0.717) is 25.3 Å². The van der Waals surface area contributed by atoms with Crippen LogP contribution in [-0.4, -0.2) is 27.0 Å². The van der Waals surface area contributed by atoms with Gasteiger partial charge in [-0.05, 0) is 79.4 Å². The predicted octanol–water partition coefficient (Wildman–Crippen LogP) is 7.83.